The number of hydrogen-bond acceptors (Lipinski definition) is 4. The molecule has 100 valence electrons. The second-order valence-corrected chi connectivity index (χ2v) is 4.00. The fourth-order valence-corrected chi connectivity index (χ4v) is 1.42. The molecule has 0 aliphatic rings. The monoisotopic (exact) mass is 271 g/mol. The van der Waals surface area contributed by atoms with E-state index in [-0.39, 0.29) is 24.1 Å². The molecule has 0 aliphatic heterocycles. The van der Waals surface area contributed by atoms with E-state index in [1.807, 2.05) is 0 Å². The lowest BCUT2D eigenvalue weighted by atomic mass is 10.1. The molecular formula is C12H18ClN3O2. The Labute approximate surface area is 113 Å². The van der Waals surface area contributed by atoms with Gasteiger partial charge in [-0.2, -0.15) is 0 Å². The number of rotatable bonds is 4. The molecule has 0 radical (unpaired) electrons. The summed E-state index contributed by atoms with van der Waals surface area (Å²) in [5.74, 6) is -0.235. The number of pyridine rings is 1. The number of Topliss-reactive ketones (excluding diaryl/α,β-unsaturated/α-hetero) is 1. The zero-order valence-corrected chi connectivity index (χ0v) is 11.5. The normalized spacial score (nSPS) is 11.3. The summed E-state index contributed by atoms with van der Waals surface area (Å²) in [6.07, 6.45) is 0. The zero-order valence-electron chi connectivity index (χ0n) is 10.7. The van der Waals surface area contributed by atoms with E-state index in [1.165, 1.54) is 6.92 Å². The van der Waals surface area contributed by atoms with Crippen molar-refractivity contribution in [1.82, 2.24) is 10.3 Å². The minimum atomic E-state index is -0.535. The van der Waals surface area contributed by atoms with Crippen molar-refractivity contribution in [2.75, 3.05) is 0 Å². The van der Waals surface area contributed by atoms with Crippen LogP contribution in [0.3, 0.4) is 0 Å². The van der Waals surface area contributed by atoms with E-state index < -0.39 is 6.04 Å². The molecule has 6 heteroatoms. The van der Waals surface area contributed by atoms with E-state index in [4.69, 9.17) is 5.73 Å². The first-order valence-corrected chi connectivity index (χ1v) is 5.42. The number of hydrogen-bond donors (Lipinski definition) is 2. The average molecular weight is 272 g/mol. The van der Waals surface area contributed by atoms with Gasteiger partial charge in [-0.1, -0.05) is 0 Å². The number of carbonyl (C=O) groups excluding carboxylic acids is 2. The summed E-state index contributed by atoms with van der Waals surface area (Å²) in [4.78, 5) is 26.7. The topological polar surface area (TPSA) is 85.1 Å². The van der Waals surface area contributed by atoms with Crippen molar-refractivity contribution in [2.45, 2.75) is 33.4 Å². The summed E-state index contributed by atoms with van der Waals surface area (Å²) in [6.45, 7) is 5.21. The first-order chi connectivity index (χ1) is 7.91. The van der Waals surface area contributed by atoms with Crippen LogP contribution in [0.1, 0.15) is 35.6 Å². The summed E-state index contributed by atoms with van der Waals surface area (Å²) in [5.41, 5.74) is 7.40. The van der Waals surface area contributed by atoms with Crippen LogP contribution < -0.4 is 11.1 Å². The molecule has 1 heterocycles. The Morgan fingerprint density at radius 2 is 2.06 bits per heavy atom. The third-order valence-electron chi connectivity index (χ3n) is 2.38. The molecule has 0 bridgehead atoms. The van der Waals surface area contributed by atoms with Gasteiger partial charge in [0.25, 0.3) is 0 Å². The number of nitrogens with zero attached hydrogens (tertiary/aromatic N) is 1. The van der Waals surface area contributed by atoms with Gasteiger partial charge in [-0.3, -0.25) is 14.6 Å². The third kappa shape index (κ3) is 4.43. The molecule has 0 saturated heterocycles. The minimum Gasteiger partial charge on any atom is -0.349 e. The molecule has 5 nitrogen and oxygen atoms in total. The van der Waals surface area contributed by atoms with E-state index in [0.29, 0.717) is 23.5 Å². The number of aryl methyl sites for hydroxylation is 1. The number of halogens is 1. The Bertz CT molecular complexity index is 447. The maximum absolute atomic E-state index is 11.3. The molecule has 0 saturated carbocycles. The summed E-state index contributed by atoms with van der Waals surface area (Å²) in [5, 5.41) is 2.66. The van der Waals surface area contributed by atoms with E-state index in [9.17, 15) is 9.59 Å². The van der Waals surface area contributed by atoms with Crippen LogP contribution in [-0.2, 0) is 11.3 Å². The molecule has 1 amide bonds. The highest BCUT2D eigenvalue weighted by molar-refractivity contribution is 5.95. The molecule has 3 N–H and O–H groups in total. The Morgan fingerprint density at radius 3 is 2.50 bits per heavy atom. The molecule has 1 aromatic heterocycles. The molecule has 0 fully saturated rings. The standard InChI is InChI=1S/C12H17N3O2.ClH/c1-7(13)12(17)14-6-10-4-5-11(9(3)16)8(2)15-10;/h4-5,7H,6,13H2,1-3H3,(H,14,17);1H/t7-;/m1./s1. The molecule has 1 aromatic rings. The van der Waals surface area contributed by atoms with Crippen LogP contribution in [-0.4, -0.2) is 22.7 Å². The smallest absolute Gasteiger partial charge is 0.236 e. The predicted octanol–water partition coefficient (Wildman–Crippen LogP) is 0.978. The highest BCUT2D eigenvalue weighted by Crippen LogP contribution is 2.07. The van der Waals surface area contributed by atoms with Crippen LogP contribution in [0.2, 0.25) is 0 Å². The van der Waals surface area contributed by atoms with Gasteiger partial charge in [-0.25, -0.2) is 0 Å². The average Bonchev–Trinajstić information content (AvgIpc) is 2.25. The Hall–Kier alpha value is -1.46. The first-order valence-electron chi connectivity index (χ1n) is 5.42. The number of aromatic nitrogens is 1. The first kappa shape index (κ1) is 16.5. The van der Waals surface area contributed by atoms with E-state index >= 15 is 0 Å². The molecular weight excluding hydrogens is 254 g/mol. The zero-order chi connectivity index (χ0) is 13.0. The van der Waals surface area contributed by atoms with Crippen molar-refractivity contribution in [3.63, 3.8) is 0 Å². The molecule has 18 heavy (non-hydrogen) atoms. The van der Waals surface area contributed by atoms with Crippen LogP contribution in [0, 0.1) is 6.92 Å². The lowest BCUT2D eigenvalue weighted by Crippen LogP contribution is -2.38. The minimum absolute atomic E-state index is 0. The van der Waals surface area contributed by atoms with Gasteiger partial charge >= 0.3 is 0 Å². The molecule has 0 unspecified atom stereocenters. The number of amides is 1. The van der Waals surface area contributed by atoms with Crippen LogP contribution in [0.5, 0.6) is 0 Å². The molecule has 0 aromatic carbocycles. The highest BCUT2D eigenvalue weighted by atomic mass is 35.5. The van der Waals surface area contributed by atoms with E-state index in [2.05, 4.69) is 10.3 Å². The Kier molecular flexibility index (Phi) is 6.51. The lowest BCUT2D eigenvalue weighted by Gasteiger charge is -2.08. The van der Waals surface area contributed by atoms with Crippen molar-refractivity contribution >= 4 is 24.1 Å². The van der Waals surface area contributed by atoms with Crippen LogP contribution in [0.25, 0.3) is 0 Å². The maximum Gasteiger partial charge on any atom is 0.236 e. The van der Waals surface area contributed by atoms with E-state index in [1.54, 1.807) is 26.0 Å². The molecule has 0 spiro atoms. The van der Waals surface area contributed by atoms with Crippen molar-refractivity contribution in [2.24, 2.45) is 5.73 Å². The van der Waals surface area contributed by atoms with Gasteiger partial charge in [-0.15, -0.1) is 12.4 Å². The highest BCUT2D eigenvalue weighted by Gasteiger charge is 2.09. The van der Waals surface area contributed by atoms with Crippen LogP contribution >= 0.6 is 12.4 Å². The van der Waals surface area contributed by atoms with Crippen LogP contribution in [0.4, 0.5) is 0 Å². The van der Waals surface area contributed by atoms with Gasteiger partial charge in [-0.05, 0) is 32.9 Å². The number of carbonyl (C=O) groups is 2. The van der Waals surface area contributed by atoms with Crippen LogP contribution in [0.15, 0.2) is 12.1 Å². The fraction of sp³-hybridized carbons (Fsp3) is 0.417. The summed E-state index contributed by atoms with van der Waals surface area (Å²) >= 11 is 0. The van der Waals surface area contributed by atoms with Crippen molar-refractivity contribution in [3.8, 4) is 0 Å². The molecule has 1 atom stereocenters. The second kappa shape index (κ2) is 7.08. The van der Waals surface area contributed by atoms with Crippen molar-refractivity contribution < 1.29 is 9.59 Å². The van der Waals surface area contributed by atoms with Crippen molar-refractivity contribution in [3.05, 3.63) is 29.1 Å². The number of ketones is 1. The lowest BCUT2D eigenvalue weighted by molar-refractivity contribution is -0.122. The number of nitrogens with two attached hydrogens (primary N) is 1. The van der Waals surface area contributed by atoms with Gasteiger partial charge in [0, 0.05) is 11.3 Å². The second-order valence-electron chi connectivity index (χ2n) is 4.00. The summed E-state index contributed by atoms with van der Waals surface area (Å²) < 4.78 is 0. The SMILES string of the molecule is CC(=O)c1ccc(CNC(=O)[C@@H](C)N)nc1C.Cl. The Morgan fingerprint density at radius 1 is 1.44 bits per heavy atom. The predicted molar refractivity (Wildman–Crippen MR) is 71.7 cm³/mol. The largest absolute Gasteiger partial charge is 0.349 e. The van der Waals surface area contributed by atoms with Crippen molar-refractivity contribution in [1.29, 1.82) is 0 Å². The number of nitrogens with one attached hydrogen (secondary N) is 1. The van der Waals surface area contributed by atoms with E-state index in [0.717, 1.165) is 0 Å². The van der Waals surface area contributed by atoms with Gasteiger partial charge in [0.15, 0.2) is 5.78 Å². The van der Waals surface area contributed by atoms with Gasteiger partial charge in [0.2, 0.25) is 5.91 Å². The quantitative estimate of drug-likeness (QED) is 0.800. The molecule has 1 rings (SSSR count). The molecule has 0 aliphatic carbocycles. The fourth-order valence-electron chi connectivity index (χ4n) is 1.42. The third-order valence-corrected chi connectivity index (χ3v) is 2.38. The summed E-state index contributed by atoms with van der Waals surface area (Å²) in [6, 6.07) is 2.91. The Balaban J connectivity index is 0.00000289. The van der Waals surface area contributed by atoms with Gasteiger partial charge < -0.3 is 11.1 Å². The van der Waals surface area contributed by atoms with Gasteiger partial charge in [0.1, 0.15) is 0 Å². The summed E-state index contributed by atoms with van der Waals surface area (Å²) in [7, 11) is 0. The van der Waals surface area contributed by atoms with Gasteiger partial charge in [0.05, 0.1) is 18.3 Å². The maximum atomic E-state index is 11.3.